The Morgan fingerprint density at radius 1 is 1.09 bits per heavy atom. The van der Waals surface area contributed by atoms with Gasteiger partial charge in [-0.05, 0) is 40.3 Å². The average molecular weight is 479 g/mol. The monoisotopic (exact) mass is 478 g/mol. The summed E-state index contributed by atoms with van der Waals surface area (Å²) in [7, 11) is 0. The molecular weight excluding hydrogens is 461 g/mol. The molecule has 2 atom stereocenters. The van der Waals surface area contributed by atoms with Gasteiger partial charge >= 0.3 is 0 Å². The number of aromatic nitrogens is 6. The van der Waals surface area contributed by atoms with Crippen LogP contribution in [-0.4, -0.2) is 35.1 Å². The van der Waals surface area contributed by atoms with Gasteiger partial charge in [0.1, 0.15) is 23.6 Å². The smallest absolute Gasteiger partial charge is 0.138 e. The summed E-state index contributed by atoms with van der Waals surface area (Å²) in [6, 6.07) is 9.95. The summed E-state index contributed by atoms with van der Waals surface area (Å²) in [5, 5.41) is 28.1. The van der Waals surface area contributed by atoms with E-state index < -0.39 is 23.2 Å². The highest BCUT2D eigenvalue weighted by Gasteiger charge is 2.41. The van der Waals surface area contributed by atoms with Crippen molar-refractivity contribution in [2.75, 3.05) is 0 Å². The Balaban J connectivity index is 1.67. The number of nitrogens with zero attached hydrogens (tertiary/aromatic N) is 6. The summed E-state index contributed by atoms with van der Waals surface area (Å²) in [5.74, 6) is -2.32. The molecule has 0 unspecified atom stereocenters. The predicted octanol–water partition coefficient (Wildman–Crippen LogP) is 4.19. The Hall–Kier alpha value is -2.88. The minimum Gasteiger partial charge on any atom is -0.382 e. The number of benzene rings is 2. The fourth-order valence-corrected chi connectivity index (χ4v) is 4.03. The number of hydrogen-bond acceptors (Lipinski definition) is 5. The average Bonchev–Trinajstić information content (AvgIpc) is 3.41. The van der Waals surface area contributed by atoms with E-state index in [0.717, 1.165) is 17.7 Å². The van der Waals surface area contributed by atoms with Gasteiger partial charge in [-0.3, -0.25) is 4.68 Å². The van der Waals surface area contributed by atoms with E-state index in [9.17, 15) is 13.9 Å². The van der Waals surface area contributed by atoms with Crippen molar-refractivity contribution in [1.82, 2.24) is 30.0 Å². The molecule has 0 bridgehead atoms. The van der Waals surface area contributed by atoms with Crippen molar-refractivity contribution in [1.29, 1.82) is 0 Å². The van der Waals surface area contributed by atoms with E-state index in [-0.39, 0.29) is 12.1 Å². The molecule has 0 saturated carbocycles. The van der Waals surface area contributed by atoms with E-state index >= 15 is 0 Å². The van der Waals surface area contributed by atoms with Crippen molar-refractivity contribution in [3.8, 4) is 0 Å². The minimum absolute atomic E-state index is 0.0859. The molecule has 32 heavy (non-hydrogen) atoms. The quantitative estimate of drug-likeness (QED) is 0.430. The van der Waals surface area contributed by atoms with Crippen molar-refractivity contribution in [2.45, 2.75) is 31.5 Å². The molecule has 0 fully saturated rings. The third-order valence-corrected chi connectivity index (χ3v) is 5.95. The molecule has 0 saturated heterocycles. The minimum atomic E-state index is -1.82. The van der Waals surface area contributed by atoms with Crippen molar-refractivity contribution < 1.29 is 13.9 Å². The Kier molecular flexibility index (Phi) is 6.23. The molecule has 166 valence electrons. The molecule has 4 rings (SSSR count). The summed E-state index contributed by atoms with van der Waals surface area (Å²) in [4.78, 5) is 0. The van der Waals surface area contributed by atoms with E-state index in [2.05, 4.69) is 20.6 Å². The van der Waals surface area contributed by atoms with Gasteiger partial charge in [-0.2, -0.15) is 5.10 Å². The predicted molar refractivity (Wildman–Crippen MR) is 114 cm³/mol. The summed E-state index contributed by atoms with van der Waals surface area (Å²) >= 11 is 12.2. The van der Waals surface area contributed by atoms with Gasteiger partial charge in [0.25, 0.3) is 0 Å². The lowest BCUT2D eigenvalue weighted by molar-refractivity contribution is -0.0128. The molecule has 7 nitrogen and oxygen atoms in total. The first kappa shape index (κ1) is 22.3. The van der Waals surface area contributed by atoms with Crippen LogP contribution in [-0.2, 0) is 18.7 Å². The van der Waals surface area contributed by atoms with Gasteiger partial charge in [-0.15, -0.1) is 5.10 Å². The maximum atomic E-state index is 14.7. The van der Waals surface area contributed by atoms with Gasteiger partial charge in [0.2, 0.25) is 0 Å². The molecule has 0 radical (unpaired) electrons. The number of hydrogen-bond donors (Lipinski definition) is 1. The highest BCUT2D eigenvalue weighted by atomic mass is 35.5. The second-order valence-corrected chi connectivity index (χ2v) is 8.30. The van der Waals surface area contributed by atoms with Crippen LogP contribution in [0.25, 0.3) is 0 Å². The fraction of sp³-hybridized carbons (Fsp3) is 0.238. The lowest BCUT2D eigenvalue weighted by atomic mass is 9.80. The van der Waals surface area contributed by atoms with Gasteiger partial charge in [-0.25, -0.2) is 13.5 Å². The van der Waals surface area contributed by atoms with Crippen LogP contribution in [0.3, 0.4) is 0 Å². The molecular formula is C21H18Cl2F2N6O. The van der Waals surface area contributed by atoms with Gasteiger partial charge in [-0.1, -0.05) is 42.3 Å². The van der Waals surface area contributed by atoms with Crippen LogP contribution in [0.1, 0.15) is 29.7 Å². The van der Waals surface area contributed by atoms with Crippen molar-refractivity contribution in [2.24, 2.45) is 0 Å². The van der Waals surface area contributed by atoms with E-state index in [4.69, 9.17) is 23.2 Å². The first-order valence-corrected chi connectivity index (χ1v) is 10.4. The highest BCUT2D eigenvalue weighted by molar-refractivity contribution is 6.35. The van der Waals surface area contributed by atoms with Gasteiger partial charge in [0.05, 0.1) is 18.8 Å². The van der Waals surface area contributed by atoms with Crippen molar-refractivity contribution in [3.05, 3.63) is 93.5 Å². The molecule has 0 aliphatic rings. The zero-order valence-electron chi connectivity index (χ0n) is 16.8. The normalized spacial score (nSPS) is 14.3. The van der Waals surface area contributed by atoms with Crippen LogP contribution in [0.2, 0.25) is 10.0 Å². The van der Waals surface area contributed by atoms with Crippen molar-refractivity contribution in [3.63, 3.8) is 0 Å². The Bertz CT molecular complexity index is 1230. The number of tetrazole rings is 1. The zero-order chi connectivity index (χ0) is 22.9. The maximum absolute atomic E-state index is 14.7. The fourth-order valence-electron chi connectivity index (χ4n) is 3.56. The van der Waals surface area contributed by atoms with Crippen LogP contribution in [0.4, 0.5) is 8.78 Å². The van der Waals surface area contributed by atoms with Gasteiger partial charge in [0.15, 0.2) is 0 Å². The first-order chi connectivity index (χ1) is 15.3. The van der Waals surface area contributed by atoms with Crippen LogP contribution in [0.15, 0.2) is 55.0 Å². The summed E-state index contributed by atoms with van der Waals surface area (Å²) in [5.41, 5.74) is -0.594. The number of aliphatic hydroxyl groups is 1. The molecule has 11 heteroatoms. The van der Waals surface area contributed by atoms with Crippen LogP contribution >= 0.6 is 23.2 Å². The van der Waals surface area contributed by atoms with E-state index in [1.54, 1.807) is 42.1 Å². The Morgan fingerprint density at radius 2 is 1.91 bits per heavy atom. The molecule has 4 aromatic rings. The SMILES string of the molecule is C[C@@H](c1ccn(Cc2ccc(Cl)cc2Cl)n1)[C@](O)(Cn1cnnn1)c1ccc(F)cc1F. The third kappa shape index (κ3) is 4.50. The first-order valence-electron chi connectivity index (χ1n) is 9.62. The van der Waals surface area contributed by atoms with Crippen LogP contribution < -0.4 is 0 Å². The number of rotatable bonds is 7. The standard InChI is InChI=1S/C21H18Cl2F2N6O/c1-13(20-6-7-30(27-20)10-14-2-3-15(22)8-18(14)23)21(32,11-31-12-26-28-29-31)17-5-4-16(24)9-19(17)25/h2-9,12-13,32H,10-11H2,1H3/t13-,21+/m0/s1. The number of halogens is 4. The van der Waals surface area contributed by atoms with Crippen LogP contribution in [0.5, 0.6) is 0 Å². The topological polar surface area (TPSA) is 81.6 Å². The second-order valence-electron chi connectivity index (χ2n) is 7.45. The summed E-state index contributed by atoms with van der Waals surface area (Å²) in [6.45, 7) is 1.91. The molecule has 0 aliphatic carbocycles. The molecule has 0 spiro atoms. The molecule has 0 amide bonds. The van der Waals surface area contributed by atoms with E-state index in [1.165, 1.54) is 17.1 Å². The molecule has 1 N–H and O–H groups in total. The Morgan fingerprint density at radius 3 is 2.59 bits per heavy atom. The lowest BCUT2D eigenvalue weighted by Crippen LogP contribution is -2.38. The zero-order valence-corrected chi connectivity index (χ0v) is 18.3. The maximum Gasteiger partial charge on any atom is 0.138 e. The van der Waals surface area contributed by atoms with Crippen LogP contribution in [0, 0.1) is 11.6 Å². The lowest BCUT2D eigenvalue weighted by Gasteiger charge is -2.33. The summed E-state index contributed by atoms with van der Waals surface area (Å²) in [6.07, 6.45) is 3.04. The highest BCUT2D eigenvalue weighted by Crippen LogP contribution is 2.39. The largest absolute Gasteiger partial charge is 0.382 e. The van der Waals surface area contributed by atoms with Crippen molar-refractivity contribution >= 4 is 23.2 Å². The Labute approximate surface area is 192 Å². The molecule has 2 aromatic carbocycles. The van der Waals surface area contributed by atoms with Gasteiger partial charge in [0, 0.05) is 33.8 Å². The third-order valence-electron chi connectivity index (χ3n) is 5.36. The molecule has 2 heterocycles. The summed E-state index contributed by atoms with van der Waals surface area (Å²) < 4.78 is 31.2. The van der Waals surface area contributed by atoms with Gasteiger partial charge < -0.3 is 5.11 Å². The molecule has 2 aromatic heterocycles. The van der Waals surface area contributed by atoms with E-state index in [1.807, 2.05) is 0 Å². The molecule has 0 aliphatic heterocycles. The second kappa shape index (κ2) is 8.93. The van der Waals surface area contributed by atoms with E-state index in [0.29, 0.717) is 22.3 Å².